The highest BCUT2D eigenvalue weighted by Gasteiger charge is 2.13. The van der Waals surface area contributed by atoms with E-state index >= 15 is 0 Å². The smallest absolute Gasteiger partial charge is 0.272 e. The molecule has 7 nitrogen and oxygen atoms in total. The van der Waals surface area contributed by atoms with E-state index in [0.717, 1.165) is 28.2 Å². The van der Waals surface area contributed by atoms with Crippen molar-refractivity contribution in [2.24, 2.45) is 5.10 Å². The van der Waals surface area contributed by atoms with Gasteiger partial charge in [-0.3, -0.25) is 9.89 Å². The maximum Gasteiger partial charge on any atom is 0.289 e. The fraction of sp³-hybridized carbons (Fsp3) is 0.0909. The minimum Gasteiger partial charge on any atom is -0.272 e. The van der Waals surface area contributed by atoms with Crippen molar-refractivity contribution in [3.8, 4) is 16.9 Å². The van der Waals surface area contributed by atoms with Crippen LogP contribution >= 0.6 is 11.6 Å². The normalized spacial score (nSPS) is 11.2. The van der Waals surface area contributed by atoms with E-state index in [1.807, 2.05) is 67.1 Å². The van der Waals surface area contributed by atoms with Gasteiger partial charge in [-0.25, -0.2) is 10.1 Å². The summed E-state index contributed by atoms with van der Waals surface area (Å²) in [6, 6.07) is 18.8. The number of rotatable bonds is 5. The minimum absolute atomic E-state index is 0.287. The molecule has 2 aromatic carbocycles. The van der Waals surface area contributed by atoms with Gasteiger partial charge in [0.15, 0.2) is 0 Å². The van der Waals surface area contributed by atoms with Crippen LogP contribution in [0.5, 0.6) is 0 Å². The highest BCUT2D eigenvalue weighted by Crippen LogP contribution is 2.26. The Morgan fingerprint density at radius 2 is 1.87 bits per heavy atom. The van der Waals surface area contributed by atoms with Gasteiger partial charge in [-0.1, -0.05) is 48.0 Å². The lowest BCUT2D eigenvalue weighted by molar-refractivity contribution is 0.0950. The molecule has 4 rings (SSSR count). The molecule has 0 aliphatic carbocycles. The molecule has 0 aliphatic heterocycles. The Kier molecular flexibility index (Phi) is 5.45. The number of H-pyrrole nitrogens is 1. The molecule has 2 heterocycles. The SMILES string of the molecule is Cc1nn(-c2ccccc2)c(C)c1/C=N\NC(=O)c1cc(-c2ccccc2Cl)n[nH]1. The second kappa shape index (κ2) is 8.34. The van der Waals surface area contributed by atoms with Crippen molar-refractivity contribution in [2.45, 2.75) is 13.8 Å². The topological polar surface area (TPSA) is 88.0 Å². The maximum atomic E-state index is 12.4. The second-order valence-corrected chi connectivity index (χ2v) is 7.08. The number of carbonyl (C=O) groups is 1. The molecule has 0 fully saturated rings. The average molecular weight is 419 g/mol. The molecule has 0 unspecified atom stereocenters. The molecule has 0 radical (unpaired) electrons. The zero-order chi connectivity index (χ0) is 21.1. The van der Waals surface area contributed by atoms with Gasteiger partial charge in [0, 0.05) is 11.1 Å². The van der Waals surface area contributed by atoms with E-state index < -0.39 is 5.91 Å². The summed E-state index contributed by atoms with van der Waals surface area (Å²) in [4.78, 5) is 12.4. The number of aryl methyl sites for hydroxylation is 1. The molecule has 150 valence electrons. The summed E-state index contributed by atoms with van der Waals surface area (Å²) in [7, 11) is 0. The summed E-state index contributed by atoms with van der Waals surface area (Å²) >= 11 is 6.19. The van der Waals surface area contributed by atoms with Crippen molar-refractivity contribution in [3.05, 3.63) is 88.3 Å². The average Bonchev–Trinajstić information content (AvgIpc) is 3.35. The van der Waals surface area contributed by atoms with E-state index in [9.17, 15) is 4.79 Å². The lowest BCUT2D eigenvalue weighted by Crippen LogP contribution is -2.18. The first-order valence-corrected chi connectivity index (χ1v) is 9.67. The molecule has 0 aliphatic rings. The summed E-state index contributed by atoms with van der Waals surface area (Å²) in [5, 5.41) is 16.1. The van der Waals surface area contributed by atoms with E-state index in [1.165, 1.54) is 0 Å². The molecular weight excluding hydrogens is 400 g/mol. The van der Waals surface area contributed by atoms with Gasteiger partial charge in [-0.05, 0) is 38.1 Å². The van der Waals surface area contributed by atoms with E-state index in [-0.39, 0.29) is 5.69 Å². The van der Waals surface area contributed by atoms with Crippen LogP contribution < -0.4 is 5.43 Å². The van der Waals surface area contributed by atoms with E-state index in [0.29, 0.717) is 10.7 Å². The Morgan fingerprint density at radius 3 is 2.63 bits per heavy atom. The zero-order valence-electron chi connectivity index (χ0n) is 16.4. The number of hydrogen-bond donors (Lipinski definition) is 2. The summed E-state index contributed by atoms with van der Waals surface area (Å²) in [5.41, 5.74) is 7.70. The molecule has 0 saturated heterocycles. The molecular formula is C22H19ClN6O. The van der Waals surface area contributed by atoms with Gasteiger partial charge < -0.3 is 0 Å². The Hall–Kier alpha value is -3.71. The standard InChI is InChI=1S/C22H19ClN6O/c1-14-18(15(2)29(28-14)16-8-4-3-5-9-16)13-24-27-22(30)21-12-20(25-26-21)17-10-6-7-11-19(17)23/h3-13H,1-2H3,(H,25,26)(H,27,30)/b24-13-. The van der Waals surface area contributed by atoms with Crippen molar-refractivity contribution in [3.63, 3.8) is 0 Å². The predicted octanol–water partition coefficient (Wildman–Crippen LogP) is 4.30. The Morgan fingerprint density at radius 1 is 1.13 bits per heavy atom. The summed E-state index contributed by atoms with van der Waals surface area (Å²) in [6.07, 6.45) is 1.60. The first-order valence-electron chi connectivity index (χ1n) is 9.30. The van der Waals surface area contributed by atoms with Crippen LogP contribution in [0.15, 0.2) is 65.8 Å². The van der Waals surface area contributed by atoms with Crippen LogP contribution in [0.25, 0.3) is 16.9 Å². The molecule has 0 atom stereocenters. The first kappa shape index (κ1) is 19.6. The Balaban J connectivity index is 1.49. The highest BCUT2D eigenvalue weighted by atomic mass is 35.5. The number of aromatic amines is 1. The number of halogens is 1. The predicted molar refractivity (Wildman–Crippen MR) is 117 cm³/mol. The summed E-state index contributed by atoms with van der Waals surface area (Å²) < 4.78 is 1.85. The van der Waals surface area contributed by atoms with Gasteiger partial charge in [-0.15, -0.1) is 0 Å². The number of aromatic nitrogens is 4. The van der Waals surface area contributed by atoms with E-state index in [1.54, 1.807) is 18.3 Å². The molecule has 0 bridgehead atoms. The summed E-state index contributed by atoms with van der Waals surface area (Å²) in [5.74, 6) is -0.400. The van der Waals surface area contributed by atoms with Crippen LogP contribution in [-0.2, 0) is 0 Å². The quantitative estimate of drug-likeness (QED) is 0.374. The monoisotopic (exact) mass is 418 g/mol. The largest absolute Gasteiger partial charge is 0.289 e. The molecule has 4 aromatic rings. The van der Waals surface area contributed by atoms with Gasteiger partial charge in [0.1, 0.15) is 5.69 Å². The number of nitrogens with one attached hydrogen (secondary N) is 2. The Bertz CT molecular complexity index is 1230. The van der Waals surface area contributed by atoms with Crippen LogP contribution in [0.1, 0.15) is 27.4 Å². The van der Waals surface area contributed by atoms with Gasteiger partial charge in [0.25, 0.3) is 5.91 Å². The van der Waals surface area contributed by atoms with Crippen molar-refractivity contribution >= 4 is 23.7 Å². The van der Waals surface area contributed by atoms with E-state index in [2.05, 4.69) is 25.8 Å². The Labute approximate surface area is 178 Å². The van der Waals surface area contributed by atoms with Gasteiger partial charge in [-0.2, -0.15) is 15.3 Å². The van der Waals surface area contributed by atoms with Crippen molar-refractivity contribution in [1.82, 2.24) is 25.4 Å². The second-order valence-electron chi connectivity index (χ2n) is 6.68. The number of nitrogens with zero attached hydrogens (tertiary/aromatic N) is 4. The molecule has 2 N–H and O–H groups in total. The lowest BCUT2D eigenvalue weighted by Gasteiger charge is -2.03. The van der Waals surface area contributed by atoms with Gasteiger partial charge >= 0.3 is 0 Å². The number of amides is 1. The fourth-order valence-electron chi connectivity index (χ4n) is 3.12. The van der Waals surface area contributed by atoms with Crippen LogP contribution in [0.2, 0.25) is 5.02 Å². The van der Waals surface area contributed by atoms with Crippen molar-refractivity contribution in [2.75, 3.05) is 0 Å². The lowest BCUT2D eigenvalue weighted by atomic mass is 10.1. The number of hydrazone groups is 1. The highest BCUT2D eigenvalue weighted by molar-refractivity contribution is 6.33. The van der Waals surface area contributed by atoms with Gasteiger partial charge in [0.2, 0.25) is 0 Å². The van der Waals surface area contributed by atoms with Gasteiger partial charge in [0.05, 0.1) is 34.0 Å². The fourth-order valence-corrected chi connectivity index (χ4v) is 3.36. The van der Waals surface area contributed by atoms with Crippen LogP contribution in [0, 0.1) is 13.8 Å². The number of carbonyl (C=O) groups excluding carboxylic acids is 1. The van der Waals surface area contributed by atoms with Crippen LogP contribution in [0.4, 0.5) is 0 Å². The minimum atomic E-state index is -0.400. The molecule has 8 heteroatoms. The van der Waals surface area contributed by atoms with Crippen LogP contribution in [0.3, 0.4) is 0 Å². The molecule has 0 spiro atoms. The molecule has 2 aromatic heterocycles. The molecule has 1 amide bonds. The van der Waals surface area contributed by atoms with Crippen molar-refractivity contribution in [1.29, 1.82) is 0 Å². The number of para-hydroxylation sites is 1. The van der Waals surface area contributed by atoms with Crippen molar-refractivity contribution < 1.29 is 4.79 Å². The third-order valence-electron chi connectivity index (χ3n) is 4.68. The number of hydrogen-bond acceptors (Lipinski definition) is 4. The zero-order valence-corrected chi connectivity index (χ0v) is 17.2. The maximum absolute atomic E-state index is 12.4. The summed E-state index contributed by atoms with van der Waals surface area (Å²) in [6.45, 7) is 3.86. The molecule has 0 saturated carbocycles. The number of benzene rings is 2. The molecule has 30 heavy (non-hydrogen) atoms. The third kappa shape index (κ3) is 3.88. The third-order valence-corrected chi connectivity index (χ3v) is 5.01. The van der Waals surface area contributed by atoms with Crippen LogP contribution in [-0.4, -0.2) is 32.1 Å². The van der Waals surface area contributed by atoms with E-state index in [4.69, 9.17) is 11.6 Å². The first-order chi connectivity index (χ1) is 14.5.